The third kappa shape index (κ3) is 5.09. The van der Waals surface area contributed by atoms with Crippen LogP contribution in [0.5, 0.6) is 5.75 Å². The number of phenols is 1. The molecule has 2 aromatic rings. The molecule has 0 spiro atoms. The van der Waals surface area contributed by atoms with Gasteiger partial charge in [0.15, 0.2) is 11.4 Å². The molecule has 0 unspecified atom stereocenters. The number of rotatable bonds is 7. The molecule has 10 heteroatoms. The first-order valence-corrected chi connectivity index (χ1v) is 16.1. The fraction of sp³-hybridized carbons (Fsp3) is 0.459. The van der Waals surface area contributed by atoms with E-state index >= 15 is 0 Å². The van der Waals surface area contributed by atoms with Crippen LogP contribution in [-0.4, -0.2) is 74.3 Å². The molecule has 1 amide bonds. The number of aromatic hydroxyl groups is 1. The maximum absolute atomic E-state index is 14.3. The van der Waals surface area contributed by atoms with E-state index in [1.165, 1.54) is 4.90 Å². The van der Waals surface area contributed by atoms with E-state index in [1.807, 2.05) is 30.3 Å². The van der Waals surface area contributed by atoms with Crippen LogP contribution in [0.1, 0.15) is 68.7 Å². The number of amides is 1. The van der Waals surface area contributed by atoms with Gasteiger partial charge in [0.25, 0.3) is 5.91 Å². The van der Waals surface area contributed by atoms with Crippen molar-refractivity contribution >= 4 is 29.0 Å². The molecule has 2 saturated carbocycles. The Bertz CT molecular complexity index is 1790. The van der Waals surface area contributed by atoms with Gasteiger partial charge in [-0.15, -0.1) is 0 Å². The molecule has 2 fully saturated rings. The summed E-state index contributed by atoms with van der Waals surface area (Å²) in [5.74, 6) is -6.73. The van der Waals surface area contributed by atoms with Gasteiger partial charge in [0.1, 0.15) is 28.6 Å². The van der Waals surface area contributed by atoms with E-state index in [4.69, 9.17) is 5.73 Å². The molecular formula is C37H42N2O8. The quantitative estimate of drug-likeness (QED) is 0.281. The zero-order valence-electron chi connectivity index (χ0n) is 27.4. The van der Waals surface area contributed by atoms with Gasteiger partial charge in [-0.25, -0.2) is 0 Å². The molecule has 2 aromatic carbocycles. The molecule has 4 aliphatic rings. The molecule has 0 bridgehead atoms. The monoisotopic (exact) mass is 642 g/mol. The van der Waals surface area contributed by atoms with Crippen LogP contribution in [0, 0.1) is 17.8 Å². The van der Waals surface area contributed by atoms with Gasteiger partial charge in [0.05, 0.1) is 11.6 Å². The Morgan fingerprint density at radius 2 is 1.68 bits per heavy atom. The fourth-order valence-corrected chi connectivity index (χ4v) is 7.83. The lowest BCUT2D eigenvalue weighted by Gasteiger charge is -2.50. The van der Waals surface area contributed by atoms with E-state index in [9.17, 15) is 39.6 Å². The van der Waals surface area contributed by atoms with Crippen molar-refractivity contribution in [3.05, 3.63) is 69.5 Å². The number of phenolic OH excluding ortho intramolecular Hbond substituents is 1. The number of Topliss-reactive ketones (excluding diaryl/α,β-unsaturated/α-hetero) is 3. The number of likely N-dealkylation sites (N-methyl/N-ethyl adjacent to an activating group) is 1. The van der Waals surface area contributed by atoms with Crippen molar-refractivity contribution in [2.24, 2.45) is 23.5 Å². The van der Waals surface area contributed by atoms with Crippen LogP contribution in [0.4, 0.5) is 0 Å². The maximum atomic E-state index is 14.3. The third-order valence-electron chi connectivity index (χ3n) is 10.5. The maximum Gasteiger partial charge on any atom is 0.255 e. The molecule has 0 saturated heterocycles. The van der Waals surface area contributed by atoms with Gasteiger partial charge in [0, 0.05) is 23.8 Å². The lowest BCUT2D eigenvalue weighted by atomic mass is 9.57. The standard InChI is InChI=1S/C37H42N2O8/c1-36(2,3)21-11-8-17(9-12-21)22-14-19(10-13-25(40)18-6-7-18)30(41)27-23(22)15-20-16-24-29(39(4)5)32(43)28(35(38)46)34(45)37(24,47)33(44)26(20)31(27)42/h8-9,11-12,14,18,20,24,29,41-42,45,47H,6-7,10,13,15-16H2,1-5H3,(H2,38,46)/t20-,24-,29-,37-/m0/s1. The van der Waals surface area contributed by atoms with Crippen molar-refractivity contribution in [1.29, 1.82) is 0 Å². The SMILES string of the molecule is CN(C)[C@@H]1C(=O)C(C(N)=O)=C(O)[C@@]2(O)C(=O)C3=C(O)c4c(O)c(CCC(=O)C5CC5)cc(-c5ccc(C(C)(C)C)cc5)c4C[C@H]3C[C@@H]12. The number of ketones is 3. The van der Waals surface area contributed by atoms with Crippen LogP contribution in [0.3, 0.4) is 0 Å². The predicted molar refractivity (Wildman–Crippen MR) is 174 cm³/mol. The molecule has 4 aliphatic carbocycles. The van der Waals surface area contributed by atoms with Gasteiger partial charge in [-0.05, 0) is 91.4 Å². The van der Waals surface area contributed by atoms with Gasteiger partial charge < -0.3 is 26.2 Å². The Hall–Kier alpha value is -4.28. The number of nitrogens with two attached hydrogens (primary N) is 1. The topological polar surface area (TPSA) is 178 Å². The lowest BCUT2D eigenvalue weighted by molar-refractivity contribution is -0.153. The Balaban J connectivity index is 1.54. The minimum absolute atomic E-state index is 0.00652. The zero-order valence-corrected chi connectivity index (χ0v) is 27.4. The summed E-state index contributed by atoms with van der Waals surface area (Å²) in [5.41, 5.74) is 5.32. The van der Waals surface area contributed by atoms with Crippen LogP contribution in [-0.2, 0) is 37.4 Å². The van der Waals surface area contributed by atoms with E-state index < -0.39 is 58.0 Å². The van der Waals surface area contributed by atoms with Gasteiger partial charge in [-0.2, -0.15) is 0 Å². The summed E-state index contributed by atoms with van der Waals surface area (Å²) in [5, 5.41) is 46.6. The molecule has 47 heavy (non-hydrogen) atoms. The molecule has 6 N–H and O–H groups in total. The molecule has 0 heterocycles. The number of hydrogen-bond donors (Lipinski definition) is 5. The van der Waals surface area contributed by atoms with Crippen molar-refractivity contribution < 1.29 is 39.6 Å². The molecular weight excluding hydrogens is 600 g/mol. The van der Waals surface area contributed by atoms with Crippen LogP contribution >= 0.6 is 0 Å². The summed E-state index contributed by atoms with van der Waals surface area (Å²) in [6.07, 6.45) is 2.35. The minimum Gasteiger partial charge on any atom is -0.508 e. The summed E-state index contributed by atoms with van der Waals surface area (Å²) in [4.78, 5) is 54.1. The summed E-state index contributed by atoms with van der Waals surface area (Å²) in [7, 11) is 3.14. The van der Waals surface area contributed by atoms with Crippen molar-refractivity contribution in [1.82, 2.24) is 4.90 Å². The molecule has 0 radical (unpaired) electrons. The summed E-state index contributed by atoms with van der Waals surface area (Å²) in [6.45, 7) is 6.34. The van der Waals surface area contributed by atoms with Crippen molar-refractivity contribution in [3.63, 3.8) is 0 Å². The lowest BCUT2D eigenvalue weighted by Crippen LogP contribution is -2.65. The Kier molecular flexibility index (Phi) is 7.76. The van der Waals surface area contributed by atoms with Crippen molar-refractivity contribution in [2.45, 2.75) is 76.4 Å². The first-order chi connectivity index (χ1) is 22.0. The Labute approximate surface area is 273 Å². The van der Waals surface area contributed by atoms with Gasteiger partial charge >= 0.3 is 0 Å². The first-order valence-electron chi connectivity index (χ1n) is 16.1. The van der Waals surface area contributed by atoms with E-state index in [2.05, 4.69) is 20.8 Å². The van der Waals surface area contributed by atoms with Gasteiger partial charge in [-0.3, -0.25) is 24.1 Å². The number of carbonyl (C=O) groups excluding carboxylic acids is 4. The molecule has 0 aromatic heterocycles. The van der Waals surface area contributed by atoms with Crippen LogP contribution in [0.15, 0.2) is 47.2 Å². The zero-order chi connectivity index (χ0) is 34.3. The predicted octanol–water partition coefficient (Wildman–Crippen LogP) is 3.84. The smallest absolute Gasteiger partial charge is 0.255 e. The Morgan fingerprint density at radius 3 is 2.23 bits per heavy atom. The second kappa shape index (κ2) is 11.2. The normalized spacial score (nSPS) is 25.9. The van der Waals surface area contributed by atoms with Gasteiger partial charge in [0.2, 0.25) is 5.78 Å². The van der Waals surface area contributed by atoms with Crippen LogP contribution in [0.2, 0.25) is 0 Å². The number of aliphatic hydroxyl groups excluding tert-OH is 2. The number of hydrogen-bond acceptors (Lipinski definition) is 9. The van der Waals surface area contributed by atoms with Crippen LogP contribution in [0.25, 0.3) is 16.9 Å². The van der Waals surface area contributed by atoms with E-state index in [0.29, 0.717) is 11.1 Å². The second-order valence-corrected chi connectivity index (χ2v) is 14.8. The number of benzene rings is 2. The largest absolute Gasteiger partial charge is 0.508 e. The third-order valence-corrected chi connectivity index (χ3v) is 10.5. The number of nitrogens with zero attached hydrogens (tertiary/aromatic N) is 1. The number of fused-ring (bicyclic) bond motifs is 3. The highest BCUT2D eigenvalue weighted by Crippen LogP contribution is 2.54. The van der Waals surface area contributed by atoms with Crippen LogP contribution < -0.4 is 5.73 Å². The molecule has 248 valence electrons. The molecule has 6 rings (SSSR count). The van der Waals surface area contributed by atoms with Crippen molar-refractivity contribution in [3.8, 4) is 16.9 Å². The number of primary amides is 1. The Morgan fingerprint density at radius 1 is 1.04 bits per heavy atom. The van der Waals surface area contributed by atoms with Crippen molar-refractivity contribution in [2.75, 3.05) is 14.1 Å². The van der Waals surface area contributed by atoms with Gasteiger partial charge in [-0.1, -0.05) is 45.0 Å². The molecule has 4 atom stereocenters. The average Bonchev–Trinajstić information content (AvgIpc) is 3.84. The summed E-state index contributed by atoms with van der Waals surface area (Å²) in [6, 6.07) is 8.70. The van der Waals surface area contributed by atoms with E-state index in [1.54, 1.807) is 14.1 Å². The average molecular weight is 643 g/mol. The summed E-state index contributed by atoms with van der Waals surface area (Å²) >= 11 is 0. The first kappa shape index (κ1) is 32.7. The minimum atomic E-state index is -2.71. The van der Waals surface area contributed by atoms with E-state index in [0.717, 1.165) is 29.5 Å². The summed E-state index contributed by atoms with van der Waals surface area (Å²) < 4.78 is 0. The fourth-order valence-electron chi connectivity index (χ4n) is 7.83. The highest BCUT2D eigenvalue weighted by molar-refractivity contribution is 6.24. The number of aliphatic hydroxyl groups is 3. The number of aryl methyl sites for hydroxylation is 1. The highest BCUT2D eigenvalue weighted by Gasteiger charge is 2.64. The highest BCUT2D eigenvalue weighted by atomic mass is 16.3. The molecule has 10 nitrogen and oxygen atoms in total. The number of carbonyl (C=O) groups is 4. The second-order valence-electron chi connectivity index (χ2n) is 14.8. The van der Waals surface area contributed by atoms with E-state index in [-0.39, 0.29) is 59.7 Å². The molecule has 0 aliphatic heterocycles.